The fraction of sp³-hybridized carbons (Fsp3) is 0.0488. The van der Waals surface area contributed by atoms with Crippen LogP contribution in [0.5, 0.6) is 0 Å². The number of fused-ring (bicyclic) bond motifs is 10. The third kappa shape index (κ3) is 3.89. The highest BCUT2D eigenvalue weighted by molar-refractivity contribution is 7.13. The average Bonchev–Trinajstić information content (AvgIpc) is 3.96. The Kier molecular flexibility index (Phi) is 5.86. The van der Waals surface area contributed by atoms with Gasteiger partial charge in [-0.2, -0.15) is 0 Å². The fourth-order valence-electron chi connectivity index (χ4n) is 7.82. The smallest absolute Gasteiger partial charge is 0.124 e. The number of hydrogen-bond acceptors (Lipinski definition) is 6. The van der Waals surface area contributed by atoms with Gasteiger partial charge in [0.25, 0.3) is 0 Å². The minimum Gasteiger partial charge on any atom is -0.386 e. The predicted octanol–water partition coefficient (Wildman–Crippen LogP) is 9.70. The molecule has 47 heavy (non-hydrogen) atoms. The van der Waals surface area contributed by atoms with Crippen LogP contribution in [0.4, 0.5) is 0 Å². The summed E-state index contributed by atoms with van der Waals surface area (Å²) in [6, 6.07) is 34.2. The molecule has 0 fully saturated rings. The summed E-state index contributed by atoms with van der Waals surface area (Å²) in [7, 11) is 0. The molecule has 2 aliphatic carbocycles. The van der Waals surface area contributed by atoms with Crippen molar-refractivity contribution < 1.29 is 0 Å². The summed E-state index contributed by atoms with van der Waals surface area (Å²) in [6.45, 7) is 0.777. The van der Waals surface area contributed by atoms with Crippen LogP contribution >= 0.6 is 22.7 Å². The number of thiazole rings is 2. The first kappa shape index (κ1) is 26.8. The van der Waals surface area contributed by atoms with Gasteiger partial charge in [-0.05, 0) is 85.5 Å². The van der Waals surface area contributed by atoms with Crippen molar-refractivity contribution in [3.63, 3.8) is 0 Å². The lowest BCUT2D eigenvalue weighted by atomic mass is 9.70. The summed E-state index contributed by atoms with van der Waals surface area (Å²) < 4.78 is 0. The molecule has 4 nitrogen and oxygen atoms in total. The molecule has 222 valence electrons. The summed E-state index contributed by atoms with van der Waals surface area (Å²) in [4.78, 5) is 13.8. The minimum absolute atomic E-state index is 0.450. The van der Waals surface area contributed by atoms with Crippen molar-refractivity contribution in [3.05, 3.63) is 172 Å². The second-order valence-electron chi connectivity index (χ2n) is 12.1. The van der Waals surface area contributed by atoms with Gasteiger partial charge < -0.3 is 5.32 Å². The van der Waals surface area contributed by atoms with Crippen molar-refractivity contribution in [1.29, 1.82) is 0 Å². The molecule has 10 rings (SSSR count). The third-order valence-electron chi connectivity index (χ3n) is 9.76. The van der Waals surface area contributed by atoms with Gasteiger partial charge in [-0.15, -0.1) is 22.7 Å². The number of nitrogens with zero attached hydrogens (tertiary/aromatic N) is 3. The summed E-state index contributed by atoms with van der Waals surface area (Å²) in [6.07, 6.45) is 12.0. The van der Waals surface area contributed by atoms with E-state index in [9.17, 15) is 0 Å². The lowest BCUT2D eigenvalue weighted by molar-refractivity contribution is 0.793. The molecule has 4 aromatic carbocycles. The first-order chi connectivity index (χ1) is 23.3. The number of allylic oxidation sites excluding steroid dienone is 2. The number of pyridine rings is 1. The summed E-state index contributed by atoms with van der Waals surface area (Å²) in [5, 5.41) is 9.61. The maximum atomic E-state index is 4.64. The van der Waals surface area contributed by atoms with Crippen LogP contribution in [0.15, 0.2) is 139 Å². The van der Waals surface area contributed by atoms with E-state index in [-0.39, 0.29) is 0 Å². The lowest BCUT2D eigenvalue weighted by Crippen LogP contribution is -2.26. The van der Waals surface area contributed by atoms with Crippen molar-refractivity contribution in [2.24, 2.45) is 0 Å². The lowest BCUT2D eigenvalue weighted by Gasteiger charge is -2.31. The molecule has 1 N–H and O–H groups in total. The van der Waals surface area contributed by atoms with Crippen molar-refractivity contribution in [3.8, 4) is 44.0 Å². The van der Waals surface area contributed by atoms with Crippen molar-refractivity contribution >= 4 is 33.8 Å². The molecule has 3 aliphatic rings. The Labute approximate surface area is 280 Å². The van der Waals surface area contributed by atoms with Gasteiger partial charge in [0, 0.05) is 65.0 Å². The van der Waals surface area contributed by atoms with E-state index < -0.39 is 5.41 Å². The van der Waals surface area contributed by atoms with Gasteiger partial charge in [0.05, 0.1) is 5.41 Å². The Morgan fingerprint density at radius 1 is 0.574 bits per heavy atom. The van der Waals surface area contributed by atoms with Crippen molar-refractivity contribution in [1.82, 2.24) is 20.3 Å². The van der Waals surface area contributed by atoms with Crippen LogP contribution in [-0.4, -0.2) is 21.5 Å². The summed E-state index contributed by atoms with van der Waals surface area (Å²) in [5.74, 6) is 0. The highest BCUT2D eigenvalue weighted by Gasteiger charge is 2.51. The molecule has 1 aliphatic heterocycles. The largest absolute Gasteiger partial charge is 0.386 e. The van der Waals surface area contributed by atoms with Gasteiger partial charge in [-0.25, -0.2) is 9.97 Å². The van der Waals surface area contributed by atoms with Gasteiger partial charge in [0.1, 0.15) is 10.0 Å². The number of benzene rings is 4. The van der Waals surface area contributed by atoms with Crippen LogP contribution in [0, 0.1) is 0 Å². The Morgan fingerprint density at radius 2 is 1.19 bits per heavy atom. The number of dihydropyridines is 1. The zero-order valence-corrected chi connectivity index (χ0v) is 26.8. The topological polar surface area (TPSA) is 50.7 Å². The Morgan fingerprint density at radius 3 is 1.89 bits per heavy atom. The Balaban J connectivity index is 1.21. The predicted molar refractivity (Wildman–Crippen MR) is 193 cm³/mol. The fourth-order valence-corrected chi connectivity index (χ4v) is 9.09. The van der Waals surface area contributed by atoms with Crippen LogP contribution in [0.1, 0.15) is 32.8 Å². The minimum atomic E-state index is -0.450. The molecule has 4 heterocycles. The number of nitrogens with one attached hydrogen (secondary N) is 1. The van der Waals surface area contributed by atoms with Gasteiger partial charge >= 0.3 is 0 Å². The molecule has 6 heteroatoms. The van der Waals surface area contributed by atoms with E-state index in [0.29, 0.717) is 0 Å². The molecule has 0 saturated heterocycles. The quantitative estimate of drug-likeness (QED) is 0.209. The highest BCUT2D eigenvalue weighted by atomic mass is 32.1. The van der Waals surface area contributed by atoms with Crippen LogP contribution in [-0.2, 0) is 5.41 Å². The van der Waals surface area contributed by atoms with Crippen LogP contribution in [0.25, 0.3) is 55.1 Å². The molecular weight excluding hydrogens is 613 g/mol. The van der Waals surface area contributed by atoms with Gasteiger partial charge in [-0.1, -0.05) is 72.8 Å². The van der Waals surface area contributed by atoms with Crippen LogP contribution < -0.4 is 5.32 Å². The first-order valence-corrected chi connectivity index (χ1v) is 17.4. The molecule has 3 aromatic heterocycles. The zero-order chi connectivity index (χ0) is 31.0. The van der Waals surface area contributed by atoms with E-state index >= 15 is 0 Å². The zero-order valence-electron chi connectivity index (χ0n) is 25.1. The van der Waals surface area contributed by atoms with Crippen LogP contribution in [0.2, 0.25) is 0 Å². The van der Waals surface area contributed by atoms with E-state index in [1.807, 2.05) is 35.5 Å². The molecule has 0 unspecified atom stereocenters. The number of hydrogen-bond donors (Lipinski definition) is 1. The van der Waals surface area contributed by atoms with Gasteiger partial charge in [-0.3, -0.25) is 4.98 Å². The average molecular weight is 639 g/mol. The molecule has 0 bridgehead atoms. The Bertz CT molecular complexity index is 2370. The van der Waals surface area contributed by atoms with Gasteiger partial charge in [0.15, 0.2) is 0 Å². The maximum Gasteiger partial charge on any atom is 0.124 e. The normalized spacial score (nSPS) is 14.9. The van der Waals surface area contributed by atoms with E-state index in [1.165, 1.54) is 61.2 Å². The second-order valence-corrected chi connectivity index (χ2v) is 13.9. The molecule has 1 spiro atoms. The molecule has 0 saturated carbocycles. The monoisotopic (exact) mass is 638 g/mol. The van der Waals surface area contributed by atoms with E-state index in [0.717, 1.165) is 33.3 Å². The SMILES string of the molecule is C1=C(c2ccc3c(c2)C2(c4ccccc4-c4ccccc42)c2cc(-c4cncc(-c5nccs5)c4)ccc2-3)C=C(c2nccs2)CN1. The second kappa shape index (κ2) is 10.3. The Hall–Kier alpha value is -5.43. The number of aromatic nitrogens is 3. The molecule has 0 atom stereocenters. The van der Waals surface area contributed by atoms with E-state index in [4.69, 9.17) is 0 Å². The van der Waals surface area contributed by atoms with E-state index in [2.05, 4.69) is 124 Å². The standard InChI is InChI=1S/C41H26N4S2/c1-3-7-35-31(5-1)32-6-2-4-8-36(32)41(35)37-19-25(27-17-29(23-42-21-27)39-44-13-15-46-39)9-11-33(37)34-12-10-26(20-38(34)41)28-18-30(24-43-22-28)40-45-14-16-47-40/h1-23,43H,24H2. The molecule has 7 aromatic rings. The summed E-state index contributed by atoms with van der Waals surface area (Å²) in [5.41, 5.74) is 16.9. The third-order valence-corrected chi connectivity index (χ3v) is 11.4. The van der Waals surface area contributed by atoms with Crippen molar-refractivity contribution in [2.45, 2.75) is 5.41 Å². The first-order valence-electron chi connectivity index (χ1n) is 15.7. The van der Waals surface area contributed by atoms with Crippen LogP contribution in [0.3, 0.4) is 0 Å². The highest BCUT2D eigenvalue weighted by Crippen LogP contribution is 2.63. The number of rotatable bonds is 4. The molecule has 0 radical (unpaired) electrons. The van der Waals surface area contributed by atoms with Gasteiger partial charge in [0.2, 0.25) is 0 Å². The van der Waals surface area contributed by atoms with Crippen molar-refractivity contribution in [2.75, 3.05) is 6.54 Å². The summed E-state index contributed by atoms with van der Waals surface area (Å²) >= 11 is 3.32. The molecular formula is C41H26N4S2. The maximum absolute atomic E-state index is 4.64. The van der Waals surface area contributed by atoms with E-state index in [1.54, 1.807) is 22.7 Å². The molecule has 0 amide bonds.